The Balaban J connectivity index is 2.99. The van der Waals surface area contributed by atoms with Crippen molar-refractivity contribution in [3.8, 4) is 0 Å². The molecule has 1 rings (SSSR count). The van der Waals surface area contributed by atoms with Gasteiger partial charge in [0.2, 0.25) is 0 Å². The predicted molar refractivity (Wildman–Crippen MR) is 67.7 cm³/mol. The van der Waals surface area contributed by atoms with Crippen LogP contribution in [0.15, 0.2) is 18.2 Å². The van der Waals surface area contributed by atoms with Gasteiger partial charge in [-0.2, -0.15) is 0 Å². The average molecular weight is 241 g/mol. The van der Waals surface area contributed by atoms with Crippen LogP contribution in [0.25, 0.3) is 0 Å². The minimum atomic E-state index is -0.0515. The molecule has 0 aliphatic heterocycles. The number of benzene rings is 1. The first kappa shape index (κ1) is 12.8. The molecule has 3 nitrogen and oxygen atoms in total. The van der Waals surface area contributed by atoms with Gasteiger partial charge in [-0.3, -0.25) is 4.79 Å². The number of carbonyl (C=O) groups is 1. The lowest BCUT2D eigenvalue weighted by molar-refractivity contribution is 0.0765. The SMILES string of the molecule is CCCN(CC)C(=O)c1cccc(Cl)c1N. The Morgan fingerprint density at radius 1 is 1.44 bits per heavy atom. The topological polar surface area (TPSA) is 46.3 Å². The number of anilines is 1. The fourth-order valence-corrected chi connectivity index (χ4v) is 1.74. The van der Waals surface area contributed by atoms with E-state index in [1.807, 2.05) is 13.8 Å². The van der Waals surface area contributed by atoms with Gasteiger partial charge in [-0.05, 0) is 25.5 Å². The second kappa shape index (κ2) is 5.75. The maximum Gasteiger partial charge on any atom is 0.255 e. The van der Waals surface area contributed by atoms with E-state index in [9.17, 15) is 4.79 Å². The van der Waals surface area contributed by atoms with Crippen LogP contribution in [0.3, 0.4) is 0 Å². The lowest BCUT2D eigenvalue weighted by Crippen LogP contribution is -2.32. The maximum absolute atomic E-state index is 12.1. The van der Waals surface area contributed by atoms with Gasteiger partial charge >= 0.3 is 0 Å². The minimum absolute atomic E-state index is 0.0515. The normalized spacial score (nSPS) is 10.2. The van der Waals surface area contributed by atoms with Crippen LogP contribution in [0.2, 0.25) is 5.02 Å². The molecule has 0 heterocycles. The summed E-state index contributed by atoms with van der Waals surface area (Å²) in [6, 6.07) is 5.14. The van der Waals surface area contributed by atoms with Crippen LogP contribution in [0.4, 0.5) is 5.69 Å². The van der Waals surface area contributed by atoms with Gasteiger partial charge in [-0.25, -0.2) is 0 Å². The number of nitrogen functional groups attached to an aromatic ring is 1. The number of hydrogen-bond donors (Lipinski definition) is 1. The molecule has 88 valence electrons. The van der Waals surface area contributed by atoms with Crippen molar-refractivity contribution in [1.82, 2.24) is 4.90 Å². The summed E-state index contributed by atoms with van der Waals surface area (Å²) >= 11 is 5.89. The van der Waals surface area contributed by atoms with E-state index >= 15 is 0 Å². The molecular formula is C12H17ClN2O. The Bertz CT molecular complexity index is 379. The zero-order chi connectivity index (χ0) is 12.1. The predicted octanol–water partition coefficient (Wildman–Crippen LogP) is 2.79. The van der Waals surface area contributed by atoms with Crippen LogP contribution in [0, 0.1) is 0 Å². The molecule has 0 fully saturated rings. The molecule has 0 aliphatic carbocycles. The first-order valence-corrected chi connectivity index (χ1v) is 5.82. The van der Waals surface area contributed by atoms with E-state index in [1.54, 1.807) is 23.1 Å². The summed E-state index contributed by atoms with van der Waals surface area (Å²) in [6.07, 6.45) is 0.931. The van der Waals surface area contributed by atoms with Crippen molar-refractivity contribution in [1.29, 1.82) is 0 Å². The van der Waals surface area contributed by atoms with Gasteiger partial charge in [0, 0.05) is 13.1 Å². The lowest BCUT2D eigenvalue weighted by Gasteiger charge is -2.21. The lowest BCUT2D eigenvalue weighted by atomic mass is 10.1. The molecule has 0 bridgehead atoms. The Morgan fingerprint density at radius 2 is 2.12 bits per heavy atom. The highest BCUT2D eigenvalue weighted by atomic mass is 35.5. The van der Waals surface area contributed by atoms with Crippen molar-refractivity contribution in [2.45, 2.75) is 20.3 Å². The minimum Gasteiger partial charge on any atom is -0.397 e. The van der Waals surface area contributed by atoms with Gasteiger partial charge in [0.05, 0.1) is 16.3 Å². The number of nitrogens with zero attached hydrogens (tertiary/aromatic N) is 1. The number of nitrogens with two attached hydrogens (primary N) is 1. The molecule has 1 amide bonds. The van der Waals surface area contributed by atoms with Crippen molar-refractivity contribution in [2.24, 2.45) is 0 Å². The quantitative estimate of drug-likeness (QED) is 0.823. The Kier molecular flexibility index (Phi) is 4.62. The van der Waals surface area contributed by atoms with E-state index in [-0.39, 0.29) is 5.91 Å². The van der Waals surface area contributed by atoms with Gasteiger partial charge in [-0.1, -0.05) is 24.6 Å². The van der Waals surface area contributed by atoms with E-state index in [0.29, 0.717) is 22.8 Å². The highest BCUT2D eigenvalue weighted by Gasteiger charge is 2.16. The van der Waals surface area contributed by atoms with Crippen molar-refractivity contribution >= 4 is 23.2 Å². The molecule has 0 unspecified atom stereocenters. The number of carbonyl (C=O) groups excluding carboxylic acids is 1. The molecule has 0 aliphatic rings. The van der Waals surface area contributed by atoms with Crippen LogP contribution in [-0.2, 0) is 0 Å². The number of amides is 1. The zero-order valence-electron chi connectivity index (χ0n) is 9.66. The summed E-state index contributed by atoms with van der Waals surface area (Å²) in [5.74, 6) is -0.0515. The zero-order valence-corrected chi connectivity index (χ0v) is 10.4. The molecule has 0 aromatic heterocycles. The van der Waals surface area contributed by atoms with Gasteiger partial charge in [-0.15, -0.1) is 0 Å². The van der Waals surface area contributed by atoms with Crippen molar-refractivity contribution in [3.63, 3.8) is 0 Å². The summed E-state index contributed by atoms with van der Waals surface area (Å²) in [5.41, 5.74) is 6.65. The summed E-state index contributed by atoms with van der Waals surface area (Å²) < 4.78 is 0. The summed E-state index contributed by atoms with van der Waals surface area (Å²) in [4.78, 5) is 13.9. The van der Waals surface area contributed by atoms with Crippen LogP contribution in [-0.4, -0.2) is 23.9 Å². The molecule has 2 N–H and O–H groups in total. The van der Waals surface area contributed by atoms with Crippen LogP contribution in [0.5, 0.6) is 0 Å². The molecule has 0 spiro atoms. The Hall–Kier alpha value is -1.22. The summed E-state index contributed by atoms with van der Waals surface area (Å²) in [7, 11) is 0. The number of halogens is 1. The Morgan fingerprint density at radius 3 is 2.69 bits per heavy atom. The molecule has 0 radical (unpaired) electrons. The van der Waals surface area contributed by atoms with Crippen LogP contribution in [0.1, 0.15) is 30.6 Å². The number of rotatable bonds is 4. The van der Waals surface area contributed by atoms with Crippen LogP contribution < -0.4 is 5.73 Å². The van der Waals surface area contributed by atoms with Crippen molar-refractivity contribution < 1.29 is 4.79 Å². The van der Waals surface area contributed by atoms with Gasteiger partial charge in [0.15, 0.2) is 0 Å². The van der Waals surface area contributed by atoms with Gasteiger partial charge in [0.1, 0.15) is 0 Å². The third kappa shape index (κ3) is 2.67. The standard InChI is InChI=1S/C12H17ClN2O/c1-3-8-15(4-2)12(16)9-6-5-7-10(13)11(9)14/h5-7H,3-4,8,14H2,1-2H3. The second-order valence-electron chi connectivity index (χ2n) is 3.59. The van der Waals surface area contributed by atoms with Gasteiger partial charge < -0.3 is 10.6 Å². The molecule has 4 heteroatoms. The monoisotopic (exact) mass is 240 g/mol. The van der Waals surface area contributed by atoms with Crippen molar-refractivity contribution in [3.05, 3.63) is 28.8 Å². The largest absolute Gasteiger partial charge is 0.397 e. The first-order chi connectivity index (χ1) is 7.61. The molecule has 0 saturated carbocycles. The molecular weight excluding hydrogens is 224 g/mol. The average Bonchev–Trinajstić information content (AvgIpc) is 2.29. The van der Waals surface area contributed by atoms with E-state index < -0.39 is 0 Å². The fourth-order valence-electron chi connectivity index (χ4n) is 1.57. The molecule has 1 aromatic rings. The van der Waals surface area contributed by atoms with Gasteiger partial charge in [0.25, 0.3) is 5.91 Å². The third-order valence-corrected chi connectivity index (χ3v) is 2.78. The fraction of sp³-hybridized carbons (Fsp3) is 0.417. The third-order valence-electron chi connectivity index (χ3n) is 2.45. The molecule has 16 heavy (non-hydrogen) atoms. The highest BCUT2D eigenvalue weighted by Crippen LogP contribution is 2.23. The summed E-state index contributed by atoms with van der Waals surface area (Å²) in [6.45, 7) is 5.41. The highest BCUT2D eigenvalue weighted by molar-refractivity contribution is 6.33. The molecule has 1 aromatic carbocycles. The first-order valence-electron chi connectivity index (χ1n) is 5.45. The Labute approximate surface area is 101 Å². The van der Waals surface area contributed by atoms with Crippen LogP contribution >= 0.6 is 11.6 Å². The smallest absolute Gasteiger partial charge is 0.255 e. The second-order valence-corrected chi connectivity index (χ2v) is 3.99. The molecule has 0 saturated heterocycles. The van der Waals surface area contributed by atoms with E-state index in [0.717, 1.165) is 13.0 Å². The number of hydrogen-bond acceptors (Lipinski definition) is 2. The number of para-hydroxylation sites is 1. The van der Waals surface area contributed by atoms with E-state index in [4.69, 9.17) is 17.3 Å². The maximum atomic E-state index is 12.1. The summed E-state index contributed by atoms with van der Waals surface area (Å²) in [5, 5.41) is 0.429. The van der Waals surface area contributed by atoms with Crippen molar-refractivity contribution in [2.75, 3.05) is 18.8 Å². The van der Waals surface area contributed by atoms with E-state index in [1.165, 1.54) is 0 Å². The molecule has 0 atom stereocenters. The van der Waals surface area contributed by atoms with E-state index in [2.05, 4.69) is 0 Å².